The number of nitrogens with one attached hydrogen (secondary N) is 1. The number of aryl methyl sites for hydroxylation is 2. The number of hydrogen-bond donors (Lipinski definition) is 1. The van der Waals surface area contributed by atoms with Gasteiger partial charge in [-0.2, -0.15) is 4.31 Å². The van der Waals surface area contributed by atoms with E-state index in [0.29, 0.717) is 16.9 Å². The van der Waals surface area contributed by atoms with Crippen LogP contribution in [0.15, 0.2) is 17.0 Å². The molecule has 1 aromatic rings. The quantitative estimate of drug-likeness (QED) is 0.410. The van der Waals surface area contributed by atoms with Crippen LogP contribution in [0, 0.1) is 13.8 Å². The largest absolute Gasteiger partial charge is 0.497 e. The van der Waals surface area contributed by atoms with Gasteiger partial charge in [-0.3, -0.25) is 9.59 Å². The monoisotopic (exact) mass is 344 g/mol. The van der Waals surface area contributed by atoms with E-state index in [0.717, 1.165) is 4.31 Å². The van der Waals surface area contributed by atoms with Gasteiger partial charge in [0.05, 0.1) is 18.6 Å². The van der Waals surface area contributed by atoms with E-state index in [4.69, 9.17) is 4.74 Å². The summed E-state index contributed by atoms with van der Waals surface area (Å²) in [5.74, 6) is -0.0212. The highest BCUT2D eigenvalue weighted by Gasteiger charge is 2.26. The molecule has 0 spiro atoms. The summed E-state index contributed by atoms with van der Waals surface area (Å²) in [4.78, 5) is 21.8. The molecule has 0 atom stereocenters. The molecule has 0 saturated carbocycles. The van der Waals surface area contributed by atoms with Crippen LogP contribution in [-0.4, -0.2) is 52.5 Å². The molecular formula is C14H20N2O6S. The molecule has 0 aliphatic rings. The molecule has 23 heavy (non-hydrogen) atoms. The van der Waals surface area contributed by atoms with Crippen molar-refractivity contribution < 1.29 is 27.5 Å². The van der Waals surface area contributed by atoms with Crippen LogP contribution in [0.4, 0.5) is 0 Å². The lowest BCUT2D eigenvalue weighted by atomic mass is 10.1. The minimum absolute atomic E-state index is 0.137. The lowest BCUT2D eigenvalue weighted by Gasteiger charge is -2.20. The third kappa shape index (κ3) is 4.67. The number of carbonyl (C=O) groups excluding carboxylic acids is 2. The lowest BCUT2D eigenvalue weighted by Crippen LogP contribution is -2.39. The molecule has 128 valence electrons. The molecule has 8 nitrogen and oxygen atoms in total. The molecule has 0 heterocycles. The van der Waals surface area contributed by atoms with Gasteiger partial charge in [-0.05, 0) is 37.1 Å². The smallest absolute Gasteiger partial charge is 0.294 e. The minimum Gasteiger partial charge on any atom is -0.497 e. The zero-order valence-corrected chi connectivity index (χ0v) is 14.3. The zero-order chi connectivity index (χ0) is 17.6. The molecule has 0 unspecified atom stereocenters. The van der Waals surface area contributed by atoms with E-state index in [-0.39, 0.29) is 18.1 Å². The van der Waals surface area contributed by atoms with Crippen molar-refractivity contribution in [1.82, 2.24) is 9.62 Å². The van der Waals surface area contributed by atoms with Crippen molar-refractivity contribution in [3.8, 4) is 5.75 Å². The fourth-order valence-corrected chi connectivity index (χ4v) is 3.62. The summed E-state index contributed by atoms with van der Waals surface area (Å²) in [5, 5.41) is 2.27. The highest BCUT2D eigenvalue weighted by molar-refractivity contribution is 7.89. The predicted molar refractivity (Wildman–Crippen MR) is 82.4 cm³/mol. The summed E-state index contributed by atoms with van der Waals surface area (Å²) < 4.78 is 35.7. The zero-order valence-electron chi connectivity index (χ0n) is 13.5. The lowest BCUT2D eigenvalue weighted by molar-refractivity contribution is -0.131. The third-order valence-corrected chi connectivity index (χ3v) is 5.23. The topological polar surface area (TPSA) is 102 Å². The third-order valence-electron chi connectivity index (χ3n) is 3.12. The molecule has 1 rings (SSSR count). The first kappa shape index (κ1) is 18.9. The Bertz CT molecular complexity index is 664. The summed E-state index contributed by atoms with van der Waals surface area (Å²) in [7, 11) is -1.04. The Hall–Kier alpha value is -2.13. The van der Waals surface area contributed by atoms with E-state index in [1.807, 2.05) is 0 Å². The first-order valence-corrected chi connectivity index (χ1v) is 8.11. The summed E-state index contributed by atoms with van der Waals surface area (Å²) >= 11 is 0. The molecule has 0 fully saturated rings. The number of ether oxygens (including phenoxy) is 2. The van der Waals surface area contributed by atoms with Crippen molar-refractivity contribution in [3.63, 3.8) is 0 Å². The van der Waals surface area contributed by atoms with Gasteiger partial charge in [-0.1, -0.05) is 0 Å². The summed E-state index contributed by atoms with van der Waals surface area (Å²) in [6.07, 6.45) is 0. The fraction of sp³-hybridized carbons (Fsp3) is 0.429. The molecule has 1 amide bonds. The average molecular weight is 344 g/mol. The van der Waals surface area contributed by atoms with E-state index >= 15 is 0 Å². The van der Waals surface area contributed by atoms with E-state index in [9.17, 15) is 18.0 Å². The molecule has 1 aromatic carbocycles. The second kappa shape index (κ2) is 7.93. The Kier molecular flexibility index (Phi) is 6.52. The number of carbonyl (C=O) groups is 2. The van der Waals surface area contributed by atoms with E-state index in [2.05, 4.69) is 10.1 Å². The number of benzene rings is 1. The molecule has 1 N–H and O–H groups in total. The van der Waals surface area contributed by atoms with Gasteiger partial charge in [-0.15, -0.1) is 0 Å². The van der Waals surface area contributed by atoms with Crippen molar-refractivity contribution in [2.45, 2.75) is 18.7 Å². The second-order valence-corrected chi connectivity index (χ2v) is 6.84. The Balaban J connectivity index is 2.98. The molecule has 0 bridgehead atoms. The van der Waals surface area contributed by atoms with Crippen molar-refractivity contribution in [2.75, 3.05) is 27.4 Å². The maximum Gasteiger partial charge on any atom is 0.294 e. The molecule has 0 aromatic heterocycles. The highest BCUT2D eigenvalue weighted by atomic mass is 32.2. The number of methoxy groups -OCH3 is 1. The SMILES string of the molecule is COc1cc(C)c(S(=O)(=O)N(C)CC(=O)NCOC=O)c(C)c1. The maximum atomic E-state index is 12.7. The standard InChI is InChI=1S/C14H20N2O6S/c1-10-5-12(21-4)6-11(2)14(10)23(19,20)16(3)7-13(18)15-8-22-9-17/h5-6,9H,7-8H2,1-4H3,(H,15,18). The van der Waals surface area contributed by atoms with Gasteiger partial charge in [0.15, 0.2) is 6.73 Å². The number of hydrogen-bond acceptors (Lipinski definition) is 6. The number of likely N-dealkylation sites (N-methyl/N-ethyl adjacent to an activating group) is 1. The van der Waals surface area contributed by atoms with Crippen LogP contribution in [0.25, 0.3) is 0 Å². The maximum absolute atomic E-state index is 12.7. The Labute approximate surface area is 135 Å². The molecule has 0 aliphatic heterocycles. The molecule has 0 aliphatic carbocycles. The van der Waals surface area contributed by atoms with Gasteiger partial charge in [0.1, 0.15) is 5.75 Å². The van der Waals surface area contributed by atoms with E-state index in [1.54, 1.807) is 26.0 Å². The molecule has 0 saturated heterocycles. The van der Waals surface area contributed by atoms with Crippen LogP contribution in [0.3, 0.4) is 0 Å². The molecular weight excluding hydrogens is 324 g/mol. The van der Waals surface area contributed by atoms with Gasteiger partial charge < -0.3 is 14.8 Å². The first-order chi connectivity index (χ1) is 10.7. The molecule has 0 radical (unpaired) electrons. The fourth-order valence-electron chi connectivity index (χ4n) is 2.09. The minimum atomic E-state index is -3.84. The number of rotatable bonds is 8. The predicted octanol–water partition coefficient (Wildman–Crippen LogP) is 0.179. The second-order valence-electron chi connectivity index (χ2n) is 4.86. The van der Waals surface area contributed by atoms with Crippen LogP contribution in [-0.2, 0) is 24.3 Å². The van der Waals surface area contributed by atoms with Gasteiger partial charge in [0, 0.05) is 7.05 Å². The van der Waals surface area contributed by atoms with Crippen molar-refractivity contribution >= 4 is 22.4 Å². The number of sulfonamides is 1. The first-order valence-electron chi connectivity index (χ1n) is 6.67. The van der Waals surface area contributed by atoms with Crippen molar-refractivity contribution in [3.05, 3.63) is 23.3 Å². The summed E-state index contributed by atoms with van der Waals surface area (Å²) in [5.41, 5.74) is 1.05. The Morgan fingerprint density at radius 3 is 2.35 bits per heavy atom. The number of nitrogens with zero attached hydrogens (tertiary/aromatic N) is 1. The summed E-state index contributed by atoms with van der Waals surface area (Å²) in [6, 6.07) is 3.23. The highest BCUT2D eigenvalue weighted by Crippen LogP contribution is 2.27. The van der Waals surface area contributed by atoms with Crippen LogP contribution < -0.4 is 10.1 Å². The van der Waals surface area contributed by atoms with Gasteiger partial charge in [0.25, 0.3) is 6.47 Å². The molecule has 9 heteroatoms. The Morgan fingerprint density at radius 2 is 1.87 bits per heavy atom. The van der Waals surface area contributed by atoms with Gasteiger partial charge >= 0.3 is 0 Å². The van der Waals surface area contributed by atoms with Gasteiger partial charge in [0.2, 0.25) is 15.9 Å². The van der Waals surface area contributed by atoms with Crippen LogP contribution >= 0.6 is 0 Å². The van der Waals surface area contributed by atoms with Crippen LogP contribution in [0.5, 0.6) is 5.75 Å². The van der Waals surface area contributed by atoms with Crippen LogP contribution in [0.2, 0.25) is 0 Å². The normalized spacial score (nSPS) is 11.2. The van der Waals surface area contributed by atoms with Crippen molar-refractivity contribution in [1.29, 1.82) is 0 Å². The number of amides is 1. The van der Waals surface area contributed by atoms with Gasteiger partial charge in [-0.25, -0.2) is 8.42 Å². The average Bonchev–Trinajstić information content (AvgIpc) is 2.46. The van der Waals surface area contributed by atoms with Crippen LogP contribution in [0.1, 0.15) is 11.1 Å². The van der Waals surface area contributed by atoms with Crippen molar-refractivity contribution in [2.24, 2.45) is 0 Å². The summed E-state index contributed by atoms with van der Waals surface area (Å²) in [6.45, 7) is 2.81. The van der Waals surface area contributed by atoms with E-state index in [1.165, 1.54) is 14.2 Å². The van der Waals surface area contributed by atoms with E-state index < -0.39 is 22.5 Å². The Morgan fingerprint density at radius 1 is 1.30 bits per heavy atom.